The molecule has 0 radical (unpaired) electrons. The molecule has 5 nitrogen and oxygen atoms in total. The Morgan fingerprint density at radius 3 is 2.04 bits per heavy atom. The maximum absolute atomic E-state index is 13.2. The minimum atomic E-state index is -1.50. The summed E-state index contributed by atoms with van der Waals surface area (Å²) in [4.78, 5) is 29.5. The van der Waals surface area contributed by atoms with Gasteiger partial charge in [-0.05, 0) is 11.1 Å². The lowest BCUT2D eigenvalue weighted by atomic mass is 9.87. The quantitative estimate of drug-likeness (QED) is 0.569. The summed E-state index contributed by atoms with van der Waals surface area (Å²) < 4.78 is 5.38. The first-order valence-corrected chi connectivity index (χ1v) is 13.4. The van der Waals surface area contributed by atoms with Gasteiger partial charge in [-0.25, -0.2) is 4.79 Å². The fraction of sp³-hybridized carbons (Fsp3) is 0.364. The van der Waals surface area contributed by atoms with Gasteiger partial charge >= 0.3 is 6.09 Å². The molecule has 4 rings (SSSR count). The van der Waals surface area contributed by atoms with Gasteiger partial charge in [-0.3, -0.25) is 9.69 Å². The van der Waals surface area contributed by atoms with Gasteiger partial charge in [0.1, 0.15) is 12.6 Å². The summed E-state index contributed by atoms with van der Waals surface area (Å²) in [5.74, 6) is 0.0241. The number of ether oxygens (including phenoxy) is 1. The molecule has 2 saturated heterocycles. The largest absolute Gasteiger partial charge is 0.447 e. The average molecular weight is 395 g/mol. The van der Waals surface area contributed by atoms with Crippen molar-refractivity contribution >= 4 is 20.1 Å². The highest BCUT2D eigenvalue weighted by molar-refractivity contribution is 6.76. The molecule has 0 aromatic heterocycles. The van der Waals surface area contributed by atoms with Crippen LogP contribution < -0.4 is 0 Å². The summed E-state index contributed by atoms with van der Waals surface area (Å²) in [7, 11) is -1.50. The maximum atomic E-state index is 13.2. The van der Waals surface area contributed by atoms with E-state index in [0.717, 1.165) is 17.3 Å². The van der Waals surface area contributed by atoms with Crippen LogP contribution in [0.1, 0.15) is 23.2 Å². The molecule has 2 heterocycles. The molecule has 0 unspecified atom stereocenters. The number of cyclic esters (lactones) is 1. The predicted molar refractivity (Wildman–Crippen MR) is 110 cm³/mol. The molecule has 2 amide bonds. The highest BCUT2D eigenvalue weighted by Crippen LogP contribution is 2.44. The lowest BCUT2D eigenvalue weighted by molar-refractivity contribution is -0.157. The fourth-order valence-electron chi connectivity index (χ4n) is 4.17. The monoisotopic (exact) mass is 394 g/mol. The van der Waals surface area contributed by atoms with Crippen LogP contribution >= 0.6 is 0 Å². The van der Waals surface area contributed by atoms with E-state index < -0.39 is 20.2 Å². The first-order valence-electron chi connectivity index (χ1n) is 9.72. The molecule has 0 saturated carbocycles. The van der Waals surface area contributed by atoms with Crippen LogP contribution in [0.2, 0.25) is 19.6 Å². The third-order valence-electron chi connectivity index (χ3n) is 5.35. The summed E-state index contributed by atoms with van der Waals surface area (Å²) in [6.07, 6.45) is 0.377. The molecule has 6 heteroatoms. The van der Waals surface area contributed by atoms with Gasteiger partial charge in [-0.15, -0.1) is 0 Å². The molecule has 2 aliphatic heterocycles. The van der Waals surface area contributed by atoms with Crippen molar-refractivity contribution in [2.24, 2.45) is 0 Å². The van der Waals surface area contributed by atoms with Crippen LogP contribution in [-0.2, 0) is 9.53 Å². The average Bonchev–Trinajstić information content (AvgIpc) is 3.05. The van der Waals surface area contributed by atoms with Gasteiger partial charge in [0.2, 0.25) is 5.91 Å². The Balaban J connectivity index is 1.70. The maximum Gasteiger partial charge on any atom is 0.411 e. The van der Waals surface area contributed by atoms with Crippen molar-refractivity contribution in [2.45, 2.75) is 37.8 Å². The summed E-state index contributed by atoms with van der Waals surface area (Å²) in [5, 5.41) is 0. The van der Waals surface area contributed by atoms with Gasteiger partial charge in [0.15, 0.2) is 0 Å². The van der Waals surface area contributed by atoms with E-state index in [4.69, 9.17) is 4.74 Å². The number of rotatable bonds is 5. The second-order valence-corrected chi connectivity index (χ2v) is 14.2. The van der Waals surface area contributed by atoms with E-state index in [0.29, 0.717) is 0 Å². The third-order valence-corrected chi connectivity index (χ3v) is 6.64. The number of benzene rings is 2. The molecule has 2 aromatic carbocycles. The van der Waals surface area contributed by atoms with Crippen LogP contribution in [-0.4, -0.2) is 48.7 Å². The summed E-state index contributed by atoms with van der Waals surface area (Å²) in [6, 6.07) is 19.0. The van der Waals surface area contributed by atoms with E-state index in [2.05, 4.69) is 19.6 Å². The van der Waals surface area contributed by atoms with Crippen LogP contribution in [0.5, 0.6) is 0 Å². The molecule has 0 aliphatic carbocycles. The zero-order valence-electron chi connectivity index (χ0n) is 16.5. The van der Waals surface area contributed by atoms with Crippen LogP contribution in [0.15, 0.2) is 60.7 Å². The summed E-state index contributed by atoms with van der Waals surface area (Å²) in [5.41, 5.74) is 2.06. The zero-order valence-corrected chi connectivity index (χ0v) is 17.5. The van der Waals surface area contributed by atoms with Crippen LogP contribution in [0.3, 0.4) is 0 Å². The Bertz CT molecular complexity index is 866. The first kappa shape index (κ1) is 18.7. The molecule has 28 heavy (non-hydrogen) atoms. The Hall–Kier alpha value is -2.60. The second-order valence-electron chi connectivity index (χ2n) is 8.74. The van der Waals surface area contributed by atoms with Gasteiger partial charge in [-0.1, -0.05) is 80.3 Å². The number of hydrogen-bond donors (Lipinski definition) is 0. The molecule has 2 aromatic rings. The molecule has 0 N–H and O–H groups in total. The minimum absolute atomic E-state index is 0.0241. The molecule has 0 bridgehead atoms. The van der Waals surface area contributed by atoms with Gasteiger partial charge in [0, 0.05) is 6.17 Å². The number of likely N-dealkylation sites (tertiary alicyclic amines) is 1. The van der Waals surface area contributed by atoms with E-state index in [1.54, 1.807) is 4.90 Å². The second kappa shape index (κ2) is 7.09. The number of nitrogens with zero attached hydrogens (tertiary/aromatic N) is 2. The Labute approximate surface area is 166 Å². The fourth-order valence-corrected chi connectivity index (χ4v) is 5.55. The van der Waals surface area contributed by atoms with E-state index in [1.165, 1.54) is 0 Å². The van der Waals surface area contributed by atoms with E-state index in [1.807, 2.05) is 65.6 Å². The molecule has 3 atom stereocenters. The zero-order chi connectivity index (χ0) is 19.9. The number of β-lactam (4-membered cyclic amide) rings is 1. The smallest absolute Gasteiger partial charge is 0.411 e. The standard InChI is InChI=1S/C22H26N2O3Si/c1-28(2,3)15-23-19(17-12-8-5-9-13-17)20(21(23)25)24-18(14-27-22(24)26)16-10-6-4-7-11-16/h4-13,18-20H,14-15H2,1-3H3/t18-,19-,20+/m1/s1. The predicted octanol–water partition coefficient (Wildman–Crippen LogP) is 4.01. The molecule has 0 spiro atoms. The Morgan fingerprint density at radius 2 is 1.46 bits per heavy atom. The van der Waals surface area contributed by atoms with Gasteiger partial charge < -0.3 is 9.64 Å². The Kier molecular flexibility index (Phi) is 4.75. The molecule has 2 aliphatic rings. The van der Waals surface area contributed by atoms with Crippen molar-refractivity contribution in [3.8, 4) is 0 Å². The van der Waals surface area contributed by atoms with Crippen molar-refractivity contribution < 1.29 is 14.3 Å². The molecule has 2 fully saturated rings. The number of hydrogen-bond acceptors (Lipinski definition) is 3. The molecule has 146 valence electrons. The number of carbonyl (C=O) groups is 2. The van der Waals surface area contributed by atoms with Crippen LogP contribution in [0.4, 0.5) is 4.79 Å². The summed E-state index contributed by atoms with van der Waals surface area (Å²) in [6.45, 7) is 7.05. The lowest BCUT2D eigenvalue weighted by Gasteiger charge is -2.52. The summed E-state index contributed by atoms with van der Waals surface area (Å²) >= 11 is 0. The topological polar surface area (TPSA) is 49.9 Å². The number of amides is 2. The molecular weight excluding hydrogens is 368 g/mol. The van der Waals surface area contributed by atoms with Gasteiger partial charge in [-0.2, -0.15) is 0 Å². The normalized spacial score (nSPS) is 24.9. The minimum Gasteiger partial charge on any atom is -0.447 e. The first-order chi connectivity index (χ1) is 13.4. The van der Waals surface area contributed by atoms with Gasteiger partial charge in [0.05, 0.1) is 20.2 Å². The lowest BCUT2D eigenvalue weighted by Crippen LogP contribution is -2.68. The van der Waals surface area contributed by atoms with Gasteiger partial charge in [0.25, 0.3) is 0 Å². The van der Waals surface area contributed by atoms with E-state index in [9.17, 15) is 9.59 Å². The molecular formula is C22H26N2O3Si. The van der Waals surface area contributed by atoms with Crippen molar-refractivity contribution in [1.82, 2.24) is 9.80 Å². The van der Waals surface area contributed by atoms with E-state index in [-0.39, 0.29) is 24.6 Å². The van der Waals surface area contributed by atoms with Crippen molar-refractivity contribution in [3.63, 3.8) is 0 Å². The van der Waals surface area contributed by atoms with Crippen molar-refractivity contribution in [3.05, 3.63) is 71.8 Å². The SMILES string of the molecule is C[Si](C)(C)CN1C(=O)[C@@H](N2C(=O)OC[C@@H]2c2ccccc2)[C@H]1c1ccccc1. The van der Waals surface area contributed by atoms with Crippen LogP contribution in [0.25, 0.3) is 0 Å². The van der Waals surface area contributed by atoms with Crippen molar-refractivity contribution in [1.29, 1.82) is 0 Å². The van der Waals surface area contributed by atoms with Crippen molar-refractivity contribution in [2.75, 3.05) is 12.8 Å². The third kappa shape index (κ3) is 3.33. The highest BCUT2D eigenvalue weighted by atomic mass is 28.3. The highest BCUT2D eigenvalue weighted by Gasteiger charge is 2.57. The Morgan fingerprint density at radius 1 is 0.893 bits per heavy atom. The van der Waals surface area contributed by atoms with Crippen LogP contribution in [0, 0.1) is 0 Å². The van der Waals surface area contributed by atoms with E-state index >= 15 is 0 Å². The number of carbonyl (C=O) groups excluding carboxylic acids is 2.